The fourth-order valence-corrected chi connectivity index (χ4v) is 7.24. The van der Waals surface area contributed by atoms with Gasteiger partial charge in [-0.1, -0.05) is 33.8 Å². The lowest BCUT2D eigenvalue weighted by Crippen LogP contribution is -2.55. The number of aromatic nitrogens is 3. The number of aliphatic carboxylic acids is 1. The van der Waals surface area contributed by atoms with E-state index in [1.54, 1.807) is 18.3 Å². The van der Waals surface area contributed by atoms with Gasteiger partial charge in [-0.05, 0) is 66.8 Å². The number of thiazole rings is 1. The van der Waals surface area contributed by atoms with Gasteiger partial charge < -0.3 is 15.5 Å². The first-order valence-corrected chi connectivity index (χ1v) is 13.2. The molecule has 0 amide bonds. The molecule has 7 nitrogen and oxygen atoms in total. The van der Waals surface area contributed by atoms with E-state index in [0.717, 1.165) is 28.3 Å². The van der Waals surface area contributed by atoms with Crippen LogP contribution in [0.4, 0.5) is 24.8 Å². The highest BCUT2D eigenvalue weighted by Gasteiger charge is 2.58. The lowest BCUT2D eigenvalue weighted by Gasteiger charge is -2.51. The van der Waals surface area contributed by atoms with E-state index in [9.17, 15) is 28.2 Å². The van der Waals surface area contributed by atoms with Crippen LogP contribution in [0.1, 0.15) is 56.8 Å². The summed E-state index contributed by atoms with van der Waals surface area (Å²) in [7, 11) is 0. The molecule has 1 aliphatic carbocycles. The Balaban J connectivity index is 1.61. The second kappa shape index (κ2) is 9.92. The number of nitrogens with one attached hydrogen (secondary N) is 1. The summed E-state index contributed by atoms with van der Waals surface area (Å²) in [6, 6.07) is 6.26. The molecule has 11 heteroatoms. The molecule has 1 aliphatic rings. The number of hydrogen-bond acceptors (Lipinski definition) is 7. The minimum atomic E-state index is -4.58. The van der Waals surface area contributed by atoms with Crippen molar-refractivity contribution in [2.75, 3.05) is 5.32 Å². The Bertz CT molecular complexity index is 1330. The van der Waals surface area contributed by atoms with Gasteiger partial charge in [0.2, 0.25) is 5.95 Å². The number of carbonyl (C=O) groups is 1. The minimum absolute atomic E-state index is 0.0968. The first-order chi connectivity index (χ1) is 17.7. The van der Waals surface area contributed by atoms with E-state index in [-0.39, 0.29) is 36.5 Å². The zero-order valence-corrected chi connectivity index (χ0v) is 22.6. The summed E-state index contributed by atoms with van der Waals surface area (Å²) < 4.78 is 39.1. The van der Waals surface area contributed by atoms with Crippen LogP contribution < -0.4 is 5.32 Å². The van der Waals surface area contributed by atoms with Gasteiger partial charge in [-0.15, -0.1) is 11.3 Å². The number of benzene rings is 1. The van der Waals surface area contributed by atoms with Crippen LogP contribution in [0.5, 0.6) is 0 Å². The van der Waals surface area contributed by atoms with Crippen LogP contribution in [-0.2, 0) is 16.6 Å². The monoisotopic (exact) mass is 548 g/mol. The number of hydrogen-bond donors (Lipinski definition) is 3. The van der Waals surface area contributed by atoms with Gasteiger partial charge in [0, 0.05) is 18.1 Å². The summed E-state index contributed by atoms with van der Waals surface area (Å²) in [5.41, 5.74) is -1.10. The van der Waals surface area contributed by atoms with Crippen LogP contribution in [0.25, 0.3) is 10.4 Å². The number of carboxylic acid groups (broad SMARTS) is 1. The van der Waals surface area contributed by atoms with Gasteiger partial charge in [-0.25, -0.2) is 15.0 Å². The molecule has 0 bridgehead atoms. The third-order valence-corrected chi connectivity index (χ3v) is 8.95. The van der Waals surface area contributed by atoms with Crippen molar-refractivity contribution in [3.8, 4) is 10.4 Å². The minimum Gasteiger partial charge on any atom is -0.481 e. The first-order valence-electron chi connectivity index (χ1n) is 12.4. The van der Waals surface area contributed by atoms with Crippen molar-refractivity contribution in [3.05, 3.63) is 52.9 Å². The molecule has 3 aromatic rings. The van der Waals surface area contributed by atoms with Gasteiger partial charge in [0.05, 0.1) is 10.3 Å². The van der Waals surface area contributed by atoms with Gasteiger partial charge in [0.15, 0.2) is 0 Å². The molecule has 2 unspecified atom stereocenters. The van der Waals surface area contributed by atoms with Crippen molar-refractivity contribution in [1.29, 1.82) is 0 Å². The van der Waals surface area contributed by atoms with E-state index in [4.69, 9.17) is 0 Å². The Hall–Kier alpha value is -3.05. The highest BCUT2D eigenvalue weighted by atomic mass is 32.1. The van der Waals surface area contributed by atoms with Crippen LogP contribution in [0.3, 0.4) is 0 Å². The Morgan fingerprint density at radius 1 is 1.16 bits per heavy atom. The van der Waals surface area contributed by atoms with E-state index in [2.05, 4.69) is 20.3 Å². The van der Waals surface area contributed by atoms with E-state index in [1.165, 1.54) is 11.3 Å². The van der Waals surface area contributed by atoms with E-state index >= 15 is 0 Å². The Labute approximate surface area is 223 Å². The van der Waals surface area contributed by atoms with Gasteiger partial charge in [-0.2, -0.15) is 13.2 Å². The molecule has 4 rings (SSSR count). The van der Waals surface area contributed by atoms with Crippen molar-refractivity contribution in [3.63, 3.8) is 0 Å². The Kier molecular flexibility index (Phi) is 7.30. The molecule has 1 fully saturated rings. The number of aliphatic hydroxyl groups is 1. The molecule has 1 saturated carbocycles. The summed E-state index contributed by atoms with van der Waals surface area (Å²) >= 11 is 1.33. The molecule has 204 valence electrons. The molecular formula is C27H31F3N4O3S. The van der Waals surface area contributed by atoms with E-state index in [1.807, 2.05) is 40.7 Å². The summed E-state index contributed by atoms with van der Waals surface area (Å²) in [4.78, 5) is 25.1. The molecule has 0 aliphatic heterocycles. The quantitative estimate of drug-likeness (QED) is 0.316. The molecule has 0 spiro atoms. The average molecular weight is 549 g/mol. The Morgan fingerprint density at radius 2 is 1.82 bits per heavy atom. The highest BCUT2D eigenvalue weighted by molar-refractivity contribution is 7.15. The number of nitrogens with zero attached hydrogens (tertiary/aromatic N) is 3. The summed E-state index contributed by atoms with van der Waals surface area (Å²) in [5.74, 6) is -1.65. The van der Waals surface area contributed by atoms with Crippen LogP contribution in [0.2, 0.25) is 0 Å². The molecule has 1 aromatic carbocycles. The predicted octanol–water partition coefficient (Wildman–Crippen LogP) is 6.65. The molecule has 0 radical (unpaired) electrons. The normalized spacial score (nSPS) is 25.9. The van der Waals surface area contributed by atoms with Gasteiger partial charge in [-0.3, -0.25) is 4.79 Å². The average Bonchev–Trinajstić information content (AvgIpc) is 3.29. The maximum Gasteiger partial charge on any atom is 0.433 e. The van der Waals surface area contributed by atoms with Crippen LogP contribution in [0.15, 0.2) is 36.7 Å². The van der Waals surface area contributed by atoms with Gasteiger partial charge in [0.25, 0.3) is 0 Å². The molecule has 2 aromatic heterocycles. The number of carboxylic acids is 1. The number of halogens is 3. The zero-order chi connectivity index (χ0) is 28.0. The van der Waals surface area contributed by atoms with Crippen molar-refractivity contribution >= 4 is 28.9 Å². The fourth-order valence-electron chi connectivity index (χ4n) is 6.23. The van der Waals surface area contributed by atoms with Crippen molar-refractivity contribution in [1.82, 2.24) is 15.0 Å². The first kappa shape index (κ1) is 28.0. The largest absolute Gasteiger partial charge is 0.481 e. The van der Waals surface area contributed by atoms with E-state index in [0.29, 0.717) is 10.7 Å². The van der Waals surface area contributed by atoms with E-state index < -0.39 is 28.9 Å². The van der Waals surface area contributed by atoms with Crippen LogP contribution in [0, 0.1) is 30.1 Å². The number of rotatable bonds is 6. The standard InChI is InChI=1S/C27H31F3N4O3S/c1-14(2)26(23(35)36)16(4)11-25(37,12-17(26)5)22-32-13-20(38-22)18-8-15(3)9-19(10-18)33-24-31-7-6-21(34-24)27(28,29)30/h6-10,13-14,16-17,37H,11-12H2,1-5H3,(H,35,36)(H,31,33,34)/t16-,17+,25?,26?. The smallest absolute Gasteiger partial charge is 0.433 e. The predicted molar refractivity (Wildman–Crippen MR) is 139 cm³/mol. The van der Waals surface area contributed by atoms with Crippen LogP contribution in [-0.4, -0.2) is 31.1 Å². The molecule has 38 heavy (non-hydrogen) atoms. The van der Waals surface area contributed by atoms with Gasteiger partial charge in [0.1, 0.15) is 16.3 Å². The summed E-state index contributed by atoms with van der Waals surface area (Å²) in [5, 5.41) is 25.2. The molecular weight excluding hydrogens is 517 g/mol. The highest BCUT2D eigenvalue weighted by Crippen LogP contribution is 2.56. The summed E-state index contributed by atoms with van der Waals surface area (Å²) in [6.45, 7) is 9.47. The number of alkyl halides is 3. The van der Waals surface area contributed by atoms with Crippen LogP contribution >= 0.6 is 11.3 Å². The number of anilines is 2. The lowest BCUT2D eigenvalue weighted by atomic mass is 9.53. The maximum atomic E-state index is 13.0. The van der Waals surface area contributed by atoms with Gasteiger partial charge >= 0.3 is 12.1 Å². The van der Waals surface area contributed by atoms with Crippen molar-refractivity contribution in [2.45, 2.75) is 59.2 Å². The number of aryl methyl sites for hydroxylation is 1. The third-order valence-electron chi connectivity index (χ3n) is 7.71. The summed E-state index contributed by atoms with van der Waals surface area (Å²) in [6.07, 6.45) is -1.31. The second-order valence-corrected chi connectivity index (χ2v) is 11.7. The van der Waals surface area contributed by atoms with Crippen molar-refractivity contribution < 1.29 is 28.2 Å². The third kappa shape index (κ3) is 5.01. The fraction of sp³-hybridized carbons (Fsp3) is 0.481. The van der Waals surface area contributed by atoms with Crippen molar-refractivity contribution in [2.24, 2.45) is 23.2 Å². The Morgan fingerprint density at radius 3 is 2.39 bits per heavy atom. The maximum absolute atomic E-state index is 13.0. The molecule has 0 saturated heterocycles. The molecule has 2 heterocycles. The molecule has 4 atom stereocenters. The zero-order valence-electron chi connectivity index (χ0n) is 21.8. The topological polar surface area (TPSA) is 108 Å². The lowest BCUT2D eigenvalue weighted by molar-refractivity contribution is -0.177. The SMILES string of the molecule is Cc1cc(Nc2nccc(C(F)(F)F)n2)cc(-c2cnc(C3(O)C[C@@H](C)C(C(=O)O)(C(C)C)[C@@H](C)C3)s2)c1. The molecule has 3 N–H and O–H groups in total. The second-order valence-electron chi connectivity index (χ2n) is 10.6.